The molecule has 0 atom stereocenters. The molecule has 0 aliphatic heterocycles. The van der Waals surface area contributed by atoms with Gasteiger partial charge in [0.2, 0.25) is 0 Å². The van der Waals surface area contributed by atoms with Crippen molar-refractivity contribution in [3.05, 3.63) is 35.9 Å². The topological polar surface area (TPSA) is 0 Å². The van der Waals surface area contributed by atoms with E-state index in [1.54, 1.807) is 0 Å². The van der Waals surface area contributed by atoms with Crippen LogP contribution in [0.2, 0.25) is 0 Å². The standard InChI is InChI=1S/C12H18S/c1-2-10-13-11-6-9-12-7-4-3-5-8-12/h3-5,7-8H,2,6,9-11H2,1H3. The first-order valence-corrected chi connectivity index (χ1v) is 6.20. The second-order valence-electron chi connectivity index (χ2n) is 3.20. The highest BCUT2D eigenvalue weighted by atomic mass is 32.2. The van der Waals surface area contributed by atoms with Crippen LogP contribution in [-0.2, 0) is 6.42 Å². The quantitative estimate of drug-likeness (QED) is 0.621. The maximum Gasteiger partial charge on any atom is -0.00644 e. The minimum Gasteiger partial charge on any atom is -0.162 e. The summed E-state index contributed by atoms with van der Waals surface area (Å²) in [6, 6.07) is 10.7. The van der Waals surface area contributed by atoms with E-state index < -0.39 is 0 Å². The van der Waals surface area contributed by atoms with E-state index in [1.807, 2.05) is 0 Å². The number of hydrogen-bond acceptors (Lipinski definition) is 1. The van der Waals surface area contributed by atoms with Gasteiger partial charge < -0.3 is 0 Å². The molecular formula is C12H18S. The van der Waals surface area contributed by atoms with Crippen LogP contribution in [0.1, 0.15) is 25.3 Å². The van der Waals surface area contributed by atoms with Gasteiger partial charge in [-0.05, 0) is 36.3 Å². The van der Waals surface area contributed by atoms with E-state index in [4.69, 9.17) is 0 Å². The van der Waals surface area contributed by atoms with E-state index >= 15 is 0 Å². The summed E-state index contributed by atoms with van der Waals surface area (Å²) in [5.74, 6) is 2.62. The molecule has 0 saturated heterocycles. The molecule has 0 spiro atoms. The lowest BCUT2D eigenvalue weighted by Gasteiger charge is -2.00. The molecule has 0 fully saturated rings. The van der Waals surface area contributed by atoms with Crippen molar-refractivity contribution in [1.82, 2.24) is 0 Å². The van der Waals surface area contributed by atoms with Crippen molar-refractivity contribution in [2.24, 2.45) is 0 Å². The monoisotopic (exact) mass is 194 g/mol. The zero-order chi connectivity index (χ0) is 9.36. The van der Waals surface area contributed by atoms with Crippen LogP contribution in [0.25, 0.3) is 0 Å². The number of hydrogen-bond donors (Lipinski definition) is 0. The molecule has 0 aliphatic carbocycles. The van der Waals surface area contributed by atoms with Gasteiger partial charge in [0, 0.05) is 0 Å². The summed E-state index contributed by atoms with van der Waals surface area (Å²) < 4.78 is 0. The molecule has 0 amide bonds. The van der Waals surface area contributed by atoms with E-state index in [2.05, 4.69) is 49.0 Å². The molecule has 0 N–H and O–H groups in total. The first kappa shape index (κ1) is 10.6. The van der Waals surface area contributed by atoms with Crippen LogP contribution in [0.5, 0.6) is 0 Å². The Hall–Kier alpha value is -0.430. The first-order chi connectivity index (χ1) is 6.43. The van der Waals surface area contributed by atoms with Crippen LogP contribution in [0.15, 0.2) is 30.3 Å². The Balaban J connectivity index is 2.07. The highest BCUT2D eigenvalue weighted by molar-refractivity contribution is 7.99. The van der Waals surface area contributed by atoms with Crippen LogP contribution in [-0.4, -0.2) is 11.5 Å². The summed E-state index contributed by atoms with van der Waals surface area (Å²) in [4.78, 5) is 0. The Morgan fingerprint density at radius 3 is 2.54 bits per heavy atom. The molecule has 0 unspecified atom stereocenters. The van der Waals surface area contributed by atoms with E-state index in [9.17, 15) is 0 Å². The number of aryl methyl sites for hydroxylation is 1. The van der Waals surface area contributed by atoms with Gasteiger partial charge in [0.15, 0.2) is 0 Å². The van der Waals surface area contributed by atoms with E-state index in [0.29, 0.717) is 0 Å². The van der Waals surface area contributed by atoms with Gasteiger partial charge in [0.25, 0.3) is 0 Å². The minimum atomic E-state index is 1.23. The molecule has 1 aromatic carbocycles. The van der Waals surface area contributed by atoms with Crippen molar-refractivity contribution >= 4 is 11.8 Å². The maximum atomic E-state index is 2.24. The van der Waals surface area contributed by atoms with E-state index in [-0.39, 0.29) is 0 Å². The summed E-state index contributed by atoms with van der Waals surface area (Å²) in [7, 11) is 0. The Labute approximate surface area is 85.7 Å². The van der Waals surface area contributed by atoms with Gasteiger partial charge in [0.1, 0.15) is 0 Å². The second-order valence-corrected chi connectivity index (χ2v) is 4.43. The maximum absolute atomic E-state index is 2.24. The summed E-state index contributed by atoms with van der Waals surface area (Å²) in [6.07, 6.45) is 3.85. The Morgan fingerprint density at radius 1 is 1.08 bits per heavy atom. The second kappa shape index (κ2) is 7.02. The molecule has 0 nitrogen and oxygen atoms in total. The van der Waals surface area contributed by atoms with Gasteiger partial charge in [-0.2, -0.15) is 11.8 Å². The summed E-state index contributed by atoms with van der Waals surface area (Å²) in [6.45, 7) is 2.24. The average Bonchev–Trinajstić information content (AvgIpc) is 2.19. The third-order valence-electron chi connectivity index (χ3n) is 1.95. The van der Waals surface area contributed by atoms with E-state index in [1.165, 1.54) is 36.3 Å². The molecule has 0 aromatic heterocycles. The van der Waals surface area contributed by atoms with Crippen molar-refractivity contribution in [3.63, 3.8) is 0 Å². The van der Waals surface area contributed by atoms with Crippen LogP contribution < -0.4 is 0 Å². The molecule has 1 rings (SSSR count). The van der Waals surface area contributed by atoms with Gasteiger partial charge >= 0.3 is 0 Å². The molecule has 1 heteroatoms. The largest absolute Gasteiger partial charge is 0.162 e. The van der Waals surface area contributed by atoms with Crippen molar-refractivity contribution in [3.8, 4) is 0 Å². The molecule has 13 heavy (non-hydrogen) atoms. The fourth-order valence-electron chi connectivity index (χ4n) is 1.27. The normalized spacial score (nSPS) is 10.2. The first-order valence-electron chi connectivity index (χ1n) is 5.05. The predicted octanol–water partition coefficient (Wildman–Crippen LogP) is 3.76. The lowest BCUT2D eigenvalue weighted by Crippen LogP contribution is -1.88. The van der Waals surface area contributed by atoms with Crippen molar-refractivity contribution in [2.45, 2.75) is 26.2 Å². The third-order valence-corrected chi connectivity index (χ3v) is 3.22. The van der Waals surface area contributed by atoms with Gasteiger partial charge in [0.05, 0.1) is 0 Å². The number of benzene rings is 1. The Bertz CT molecular complexity index is 206. The van der Waals surface area contributed by atoms with Gasteiger partial charge in [-0.25, -0.2) is 0 Å². The summed E-state index contributed by atoms with van der Waals surface area (Å²) in [5, 5.41) is 0. The molecule has 0 saturated carbocycles. The highest BCUT2D eigenvalue weighted by Crippen LogP contribution is 2.08. The highest BCUT2D eigenvalue weighted by Gasteiger charge is 1.91. The van der Waals surface area contributed by atoms with Crippen LogP contribution >= 0.6 is 11.8 Å². The lowest BCUT2D eigenvalue weighted by atomic mass is 10.1. The molecule has 0 heterocycles. The van der Waals surface area contributed by atoms with Crippen LogP contribution in [0.4, 0.5) is 0 Å². The van der Waals surface area contributed by atoms with Gasteiger partial charge in [-0.3, -0.25) is 0 Å². The fraction of sp³-hybridized carbons (Fsp3) is 0.500. The average molecular weight is 194 g/mol. The van der Waals surface area contributed by atoms with Gasteiger partial charge in [-0.15, -0.1) is 0 Å². The molecule has 0 bridgehead atoms. The smallest absolute Gasteiger partial charge is 0.00644 e. The Morgan fingerprint density at radius 2 is 1.85 bits per heavy atom. The molecular weight excluding hydrogens is 176 g/mol. The minimum absolute atomic E-state index is 1.23. The molecule has 1 aromatic rings. The zero-order valence-corrected chi connectivity index (χ0v) is 9.15. The number of rotatable bonds is 6. The van der Waals surface area contributed by atoms with E-state index in [0.717, 1.165) is 0 Å². The SMILES string of the molecule is CCCSCCCc1ccccc1. The third kappa shape index (κ3) is 4.99. The molecule has 0 radical (unpaired) electrons. The summed E-state index contributed by atoms with van der Waals surface area (Å²) >= 11 is 2.07. The van der Waals surface area contributed by atoms with Crippen LogP contribution in [0, 0.1) is 0 Å². The van der Waals surface area contributed by atoms with Crippen LogP contribution in [0.3, 0.4) is 0 Å². The zero-order valence-electron chi connectivity index (χ0n) is 8.33. The van der Waals surface area contributed by atoms with Gasteiger partial charge in [-0.1, -0.05) is 37.3 Å². The molecule has 72 valence electrons. The molecule has 0 aliphatic rings. The van der Waals surface area contributed by atoms with Crippen molar-refractivity contribution < 1.29 is 0 Å². The fourth-order valence-corrected chi connectivity index (χ4v) is 2.11. The Kier molecular flexibility index (Phi) is 5.75. The lowest BCUT2D eigenvalue weighted by molar-refractivity contribution is 0.931. The summed E-state index contributed by atoms with van der Waals surface area (Å²) in [5.41, 5.74) is 1.47. The van der Waals surface area contributed by atoms with Crippen molar-refractivity contribution in [1.29, 1.82) is 0 Å². The van der Waals surface area contributed by atoms with Crippen molar-refractivity contribution in [2.75, 3.05) is 11.5 Å². The predicted molar refractivity (Wildman–Crippen MR) is 62.4 cm³/mol. The number of thioether (sulfide) groups is 1.